The minimum Gasteiger partial charge on any atom is -0.384 e. The third-order valence-corrected chi connectivity index (χ3v) is 7.08. The first kappa shape index (κ1) is 26.3. The predicted octanol–water partition coefficient (Wildman–Crippen LogP) is 4.03. The number of aromatic amines is 1. The van der Waals surface area contributed by atoms with Crippen molar-refractivity contribution in [3.8, 4) is 0 Å². The number of rotatable bonds is 11. The van der Waals surface area contributed by atoms with E-state index in [-0.39, 0.29) is 46.2 Å². The Morgan fingerprint density at radius 3 is 2.47 bits per heavy atom. The molecule has 1 fully saturated rings. The van der Waals surface area contributed by atoms with Gasteiger partial charge in [-0.05, 0) is 57.7 Å². The molecule has 0 bridgehead atoms. The lowest BCUT2D eigenvalue weighted by Gasteiger charge is -2.38. The number of aromatic nitrogens is 1. The summed E-state index contributed by atoms with van der Waals surface area (Å²) in [4.78, 5) is 53.8. The van der Waals surface area contributed by atoms with Crippen molar-refractivity contribution in [1.29, 1.82) is 0 Å². The van der Waals surface area contributed by atoms with Crippen LogP contribution in [0.4, 0.5) is 5.82 Å². The molecule has 1 aliphatic rings. The van der Waals surface area contributed by atoms with E-state index in [1.165, 1.54) is 6.07 Å². The van der Waals surface area contributed by atoms with Crippen molar-refractivity contribution < 1.29 is 14.4 Å². The van der Waals surface area contributed by atoms with Crippen LogP contribution in [0.15, 0.2) is 10.9 Å². The molecule has 0 amide bonds. The van der Waals surface area contributed by atoms with E-state index in [2.05, 4.69) is 9.88 Å². The third kappa shape index (κ3) is 6.75. The number of carbonyl (C=O) groups is 3. The van der Waals surface area contributed by atoms with Crippen molar-refractivity contribution >= 4 is 34.8 Å². The van der Waals surface area contributed by atoms with Crippen molar-refractivity contribution in [3.63, 3.8) is 0 Å². The van der Waals surface area contributed by atoms with Crippen molar-refractivity contribution in [3.05, 3.63) is 27.0 Å². The van der Waals surface area contributed by atoms with Gasteiger partial charge in [0.2, 0.25) is 0 Å². The highest BCUT2D eigenvalue weighted by Crippen LogP contribution is 2.30. The third-order valence-electron chi connectivity index (χ3n) is 6.77. The van der Waals surface area contributed by atoms with E-state index in [1.54, 1.807) is 0 Å². The Kier molecular flexibility index (Phi) is 9.22. The number of nitrogens with zero attached hydrogens (tertiary/aromatic N) is 1. The second-order valence-corrected chi connectivity index (χ2v) is 9.94. The molecule has 0 spiro atoms. The summed E-state index contributed by atoms with van der Waals surface area (Å²) in [5.74, 6) is 0.564. The fraction of sp³-hybridized carbons (Fsp3) is 0.667. The van der Waals surface area contributed by atoms with Crippen LogP contribution in [0.2, 0.25) is 5.02 Å². The number of carbonyl (C=O) groups excluding carboxylic acids is 3. The highest BCUT2D eigenvalue weighted by molar-refractivity contribution is 6.33. The molecule has 0 aliphatic carbocycles. The molecule has 1 atom stereocenters. The van der Waals surface area contributed by atoms with Crippen LogP contribution >= 0.6 is 11.6 Å². The first-order valence-electron chi connectivity index (χ1n) is 11.5. The fourth-order valence-electron chi connectivity index (χ4n) is 4.31. The van der Waals surface area contributed by atoms with Gasteiger partial charge in [0, 0.05) is 24.7 Å². The van der Waals surface area contributed by atoms with E-state index in [0.717, 1.165) is 25.9 Å². The first-order chi connectivity index (χ1) is 15.0. The van der Waals surface area contributed by atoms with Crippen LogP contribution in [0.25, 0.3) is 0 Å². The average Bonchev–Trinajstić information content (AvgIpc) is 2.77. The van der Waals surface area contributed by atoms with Crippen LogP contribution in [0.3, 0.4) is 0 Å². The molecule has 1 aromatic heterocycles. The van der Waals surface area contributed by atoms with Crippen molar-refractivity contribution in [2.45, 2.75) is 78.7 Å². The molecule has 0 saturated carbocycles. The summed E-state index contributed by atoms with van der Waals surface area (Å²) in [5, 5.41) is 0.168. The predicted molar refractivity (Wildman–Crippen MR) is 127 cm³/mol. The summed E-state index contributed by atoms with van der Waals surface area (Å²) in [5.41, 5.74) is 4.57. The number of nitrogens with one attached hydrogen (secondary N) is 1. The Hall–Kier alpha value is -1.99. The molecular weight excluding hydrogens is 430 g/mol. The van der Waals surface area contributed by atoms with E-state index in [4.69, 9.17) is 17.3 Å². The number of likely N-dealkylation sites (tertiary alicyclic amines) is 1. The summed E-state index contributed by atoms with van der Waals surface area (Å²) in [7, 11) is 0. The lowest BCUT2D eigenvalue weighted by molar-refractivity contribution is -0.133. The SMILES string of the molecule is CCC(=O)CCC(C)(C)C(=O)C(C)N1CCC(CCC(=O)c2cc(Cl)c(N)[nH]c2=O)CC1. The van der Waals surface area contributed by atoms with E-state index in [9.17, 15) is 19.2 Å². The van der Waals surface area contributed by atoms with Gasteiger partial charge in [-0.3, -0.25) is 24.1 Å². The number of piperidine rings is 1. The molecule has 2 heterocycles. The number of anilines is 1. The topological polar surface area (TPSA) is 113 Å². The smallest absolute Gasteiger partial charge is 0.260 e. The van der Waals surface area contributed by atoms with Crippen LogP contribution < -0.4 is 11.3 Å². The van der Waals surface area contributed by atoms with E-state index < -0.39 is 11.0 Å². The largest absolute Gasteiger partial charge is 0.384 e. The van der Waals surface area contributed by atoms with Crippen LogP contribution in [0.5, 0.6) is 0 Å². The number of hydrogen-bond donors (Lipinski definition) is 2. The summed E-state index contributed by atoms with van der Waals surface area (Å²) >= 11 is 5.93. The quantitative estimate of drug-likeness (QED) is 0.477. The molecule has 3 N–H and O–H groups in total. The maximum Gasteiger partial charge on any atom is 0.260 e. The van der Waals surface area contributed by atoms with Gasteiger partial charge in [0.1, 0.15) is 11.6 Å². The number of hydrogen-bond acceptors (Lipinski definition) is 6. The van der Waals surface area contributed by atoms with Gasteiger partial charge in [-0.25, -0.2) is 0 Å². The molecule has 1 aliphatic heterocycles. The number of pyridine rings is 1. The van der Waals surface area contributed by atoms with Gasteiger partial charge in [0.05, 0.1) is 16.6 Å². The summed E-state index contributed by atoms with van der Waals surface area (Å²) in [6, 6.07) is 1.14. The van der Waals surface area contributed by atoms with Crippen molar-refractivity contribution in [2.24, 2.45) is 11.3 Å². The van der Waals surface area contributed by atoms with Crippen molar-refractivity contribution in [1.82, 2.24) is 9.88 Å². The average molecular weight is 466 g/mol. The Bertz CT molecular complexity index is 901. The highest BCUT2D eigenvalue weighted by Gasteiger charge is 2.35. The molecule has 178 valence electrons. The second-order valence-electron chi connectivity index (χ2n) is 9.53. The molecule has 0 aromatic carbocycles. The minimum absolute atomic E-state index is 0.0460. The van der Waals surface area contributed by atoms with Crippen LogP contribution in [0.1, 0.15) is 83.0 Å². The fourth-order valence-corrected chi connectivity index (χ4v) is 4.46. The number of Topliss-reactive ketones (excluding diaryl/α,β-unsaturated/α-hetero) is 3. The lowest BCUT2D eigenvalue weighted by Crippen LogP contribution is -2.48. The standard InChI is InChI=1S/C24H36ClN3O4/c1-5-17(29)8-11-24(3,4)21(31)15(2)28-12-9-16(10-13-28)6-7-20(30)18-14-19(25)22(26)27-23(18)32/h14-16H,5-13H2,1-4H3,(H3,26,27,32). The monoisotopic (exact) mass is 465 g/mol. The maximum absolute atomic E-state index is 13.1. The summed E-state index contributed by atoms with van der Waals surface area (Å²) in [6.45, 7) is 9.25. The van der Waals surface area contributed by atoms with Gasteiger partial charge in [0.15, 0.2) is 11.6 Å². The molecule has 32 heavy (non-hydrogen) atoms. The first-order valence-corrected chi connectivity index (χ1v) is 11.9. The van der Waals surface area contributed by atoms with Gasteiger partial charge >= 0.3 is 0 Å². The summed E-state index contributed by atoms with van der Waals surface area (Å²) in [6.07, 6.45) is 4.31. The number of ketones is 3. The van der Waals surface area contributed by atoms with Gasteiger partial charge in [0.25, 0.3) is 5.56 Å². The number of nitrogen functional groups attached to an aromatic ring is 1. The normalized spacial score (nSPS) is 16.7. The van der Waals surface area contributed by atoms with Gasteiger partial charge in [-0.15, -0.1) is 0 Å². The highest BCUT2D eigenvalue weighted by atomic mass is 35.5. The zero-order chi connectivity index (χ0) is 24.1. The Balaban J connectivity index is 1.84. The molecule has 1 aromatic rings. The Morgan fingerprint density at radius 2 is 1.88 bits per heavy atom. The maximum atomic E-state index is 13.1. The van der Waals surface area contributed by atoms with E-state index in [1.807, 2.05) is 27.7 Å². The van der Waals surface area contributed by atoms with Gasteiger partial charge < -0.3 is 10.7 Å². The van der Waals surface area contributed by atoms with Crippen LogP contribution in [0, 0.1) is 11.3 Å². The van der Waals surface area contributed by atoms with E-state index in [0.29, 0.717) is 31.6 Å². The molecule has 7 nitrogen and oxygen atoms in total. The number of halogens is 1. The van der Waals surface area contributed by atoms with Crippen LogP contribution in [-0.4, -0.2) is 46.4 Å². The molecule has 0 radical (unpaired) electrons. The molecule has 2 rings (SSSR count). The molecule has 1 saturated heterocycles. The molecular formula is C24H36ClN3O4. The van der Waals surface area contributed by atoms with E-state index >= 15 is 0 Å². The Morgan fingerprint density at radius 1 is 1.25 bits per heavy atom. The number of H-pyrrole nitrogens is 1. The van der Waals surface area contributed by atoms with Crippen LogP contribution in [-0.2, 0) is 9.59 Å². The number of nitrogens with two attached hydrogens (primary N) is 1. The minimum atomic E-state index is -0.527. The molecule has 8 heteroatoms. The summed E-state index contributed by atoms with van der Waals surface area (Å²) < 4.78 is 0. The molecule has 1 unspecified atom stereocenters. The second kappa shape index (κ2) is 11.2. The van der Waals surface area contributed by atoms with Gasteiger partial charge in [-0.1, -0.05) is 32.4 Å². The van der Waals surface area contributed by atoms with Gasteiger partial charge in [-0.2, -0.15) is 0 Å². The Labute approximate surface area is 195 Å². The van der Waals surface area contributed by atoms with Crippen molar-refractivity contribution in [2.75, 3.05) is 18.8 Å². The zero-order valence-corrected chi connectivity index (χ0v) is 20.4. The zero-order valence-electron chi connectivity index (χ0n) is 19.6. The lowest BCUT2D eigenvalue weighted by atomic mass is 9.79.